The van der Waals surface area contributed by atoms with Crippen LogP contribution in [0.25, 0.3) is 0 Å². The Balaban J connectivity index is 1.68. The highest BCUT2D eigenvalue weighted by atomic mass is 35.5. The van der Waals surface area contributed by atoms with Crippen LogP contribution in [-0.4, -0.2) is 25.0 Å². The van der Waals surface area contributed by atoms with Gasteiger partial charge in [0.25, 0.3) is 0 Å². The first-order valence-electron chi connectivity index (χ1n) is 6.36. The molecule has 8 heteroatoms. The molecule has 2 heterocycles. The van der Waals surface area contributed by atoms with Crippen LogP contribution in [0.2, 0.25) is 5.02 Å². The van der Waals surface area contributed by atoms with E-state index < -0.39 is 0 Å². The van der Waals surface area contributed by atoms with Crippen LogP contribution in [0.4, 0.5) is 5.00 Å². The van der Waals surface area contributed by atoms with E-state index in [0.29, 0.717) is 21.8 Å². The number of halogens is 1. The summed E-state index contributed by atoms with van der Waals surface area (Å²) in [7, 11) is 1.81. The SMILES string of the molecule is Cc1nsc(NC(=O)Cc2nc(C3CC3)nn2C)c1Cl. The molecule has 1 aliphatic rings. The van der Waals surface area contributed by atoms with Crippen LogP contribution in [0.15, 0.2) is 0 Å². The molecule has 6 nitrogen and oxygen atoms in total. The van der Waals surface area contributed by atoms with Gasteiger partial charge >= 0.3 is 0 Å². The van der Waals surface area contributed by atoms with Gasteiger partial charge in [0.2, 0.25) is 5.91 Å². The van der Waals surface area contributed by atoms with E-state index in [1.165, 1.54) is 11.5 Å². The van der Waals surface area contributed by atoms with Crippen LogP contribution < -0.4 is 5.32 Å². The summed E-state index contributed by atoms with van der Waals surface area (Å²) in [5.41, 5.74) is 0.724. The molecule has 1 fully saturated rings. The molecule has 0 atom stereocenters. The van der Waals surface area contributed by atoms with Gasteiger partial charge in [-0.15, -0.1) is 0 Å². The average molecular weight is 312 g/mol. The van der Waals surface area contributed by atoms with Gasteiger partial charge in [-0.2, -0.15) is 9.47 Å². The molecule has 3 rings (SSSR count). The fraction of sp³-hybridized carbons (Fsp3) is 0.500. The van der Waals surface area contributed by atoms with Crippen molar-refractivity contribution in [3.05, 3.63) is 22.4 Å². The van der Waals surface area contributed by atoms with E-state index in [2.05, 4.69) is 19.8 Å². The molecule has 106 valence electrons. The second-order valence-electron chi connectivity index (χ2n) is 4.92. The number of nitrogens with zero attached hydrogens (tertiary/aromatic N) is 4. The quantitative estimate of drug-likeness (QED) is 0.940. The van der Waals surface area contributed by atoms with Crippen LogP contribution in [0.1, 0.15) is 36.1 Å². The van der Waals surface area contributed by atoms with Gasteiger partial charge in [0.05, 0.1) is 17.1 Å². The van der Waals surface area contributed by atoms with Gasteiger partial charge in [-0.05, 0) is 31.3 Å². The third-order valence-electron chi connectivity index (χ3n) is 3.17. The molecule has 0 radical (unpaired) electrons. The Kier molecular flexibility index (Phi) is 3.47. The highest BCUT2D eigenvalue weighted by Crippen LogP contribution is 2.38. The summed E-state index contributed by atoms with van der Waals surface area (Å²) < 4.78 is 5.76. The number of anilines is 1. The molecule has 0 spiro atoms. The number of carbonyl (C=O) groups excluding carboxylic acids is 1. The lowest BCUT2D eigenvalue weighted by Crippen LogP contribution is -2.16. The van der Waals surface area contributed by atoms with E-state index in [0.717, 1.165) is 24.4 Å². The summed E-state index contributed by atoms with van der Waals surface area (Å²) in [5.74, 6) is 1.84. The third-order valence-corrected chi connectivity index (χ3v) is 4.60. The molecular formula is C12H14ClN5OS. The van der Waals surface area contributed by atoms with Crippen molar-refractivity contribution in [1.82, 2.24) is 19.1 Å². The number of hydrogen-bond acceptors (Lipinski definition) is 5. The maximum atomic E-state index is 12.0. The van der Waals surface area contributed by atoms with Gasteiger partial charge in [-0.25, -0.2) is 4.98 Å². The Bertz CT molecular complexity index is 661. The van der Waals surface area contributed by atoms with Gasteiger partial charge in [0.15, 0.2) is 5.82 Å². The zero-order chi connectivity index (χ0) is 14.3. The van der Waals surface area contributed by atoms with E-state index in [4.69, 9.17) is 11.6 Å². The third kappa shape index (κ3) is 2.69. The molecule has 0 saturated heterocycles. The molecule has 20 heavy (non-hydrogen) atoms. The molecule has 2 aromatic rings. The number of aromatic nitrogens is 4. The summed E-state index contributed by atoms with van der Waals surface area (Å²) in [6.07, 6.45) is 2.47. The number of rotatable bonds is 4. The van der Waals surface area contributed by atoms with Gasteiger partial charge in [0.1, 0.15) is 10.8 Å². The lowest BCUT2D eigenvalue weighted by Gasteiger charge is -2.02. The monoisotopic (exact) mass is 311 g/mol. The lowest BCUT2D eigenvalue weighted by atomic mass is 10.3. The van der Waals surface area contributed by atoms with E-state index in [-0.39, 0.29) is 12.3 Å². The average Bonchev–Trinajstić information content (AvgIpc) is 3.13. The minimum Gasteiger partial charge on any atom is -0.315 e. The van der Waals surface area contributed by atoms with Crippen molar-refractivity contribution < 1.29 is 4.79 Å². The molecule has 1 aliphatic carbocycles. The fourth-order valence-corrected chi connectivity index (χ4v) is 2.81. The maximum Gasteiger partial charge on any atom is 0.232 e. The zero-order valence-electron chi connectivity index (χ0n) is 11.2. The van der Waals surface area contributed by atoms with Gasteiger partial charge in [0, 0.05) is 13.0 Å². The Hall–Kier alpha value is -1.47. The minimum atomic E-state index is -0.159. The van der Waals surface area contributed by atoms with Crippen LogP contribution in [0.5, 0.6) is 0 Å². The van der Waals surface area contributed by atoms with Gasteiger partial charge in [-0.3, -0.25) is 9.48 Å². The summed E-state index contributed by atoms with van der Waals surface area (Å²) in [5, 5.41) is 8.19. The molecule has 2 aromatic heterocycles. The Morgan fingerprint density at radius 2 is 2.30 bits per heavy atom. The van der Waals surface area contributed by atoms with E-state index >= 15 is 0 Å². The van der Waals surface area contributed by atoms with E-state index in [1.54, 1.807) is 11.6 Å². The summed E-state index contributed by atoms with van der Waals surface area (Å²) in [4.78, 5) is 16.4. The molecule has 1 N–H and O–H groups in total. The van der Waals surface area contributed by atoms with E-state index in [9.17, 15) is 4.79 Å². The second-order valence-corrected chi connectivity index (χ2v) is 6.07. The lowest BCUT2D eigenvalue weighted by molar-refractivity contribution is -0.115. The van der Waals surface area contributed by atoms with Crippen molar-refractivity contribution in [3.63, 3.8) is 0 Å². The predicted octanol–water partition coefficient (Wildman–Crippen LogP) is 2.29. The number of nitrogens with one attached hydrogen (secondary N) is 1. The summed E-state index contributed by atoms with van der Waals surface area (Å²) >= 11 is 7.22. The second kappa shape index (κ2) is 5.14. The van der Waals surface area contributed by atoms with Crippen LogP contribution >= 0.6 is 23.1 Å². The first kappa shape index (κ1) is 13.5. The molecular weight excluding hydrogens is 298 g/mol. The van der Waals surface area contributed by atoms with Gasteiger partial charge < -0.3 is 5.32 Å². The van der Waals surface area contributed by atoms with Crippen molar-refractivity contribution in [2.45, 2.75) is 32.1 Å². The topological polar surface area (TPSA) is 72.7 Å². The predicted molar refractivity (Wildman–Crippen MR) is 77.2 cm³/mol. The fourth-order valence-electron chi connectivity index (χ4n) is 1.86. The first-order chi connectivity index (χ1) is 9.54. The molecule has 0 unspecified atom stereocenters. The van der Waals surface area contributed by atoms with Crippen molar-refractivity contribution in [2.75, 3.05) is 5.32 Å². The molecule has 0 bridgehead atoms. The number of carbonyl (C=O) groups is 1. The van der Waals surface area contributed by atoms with Crippen molar-refractivity contribution in [2.24, 2.45) is 7.05 Å². The number of amides is 1. The molecule has 0 aromatic carbocycles. The highest BCUT2D eigenvalue weighted by Gasteiger charge is 2.28. The molecule has 1 amide bonds. The van der Waals surface area contributed by atoms with Crippen LogP contribution in [-0.2, 0) is 18.3 Å². The maximum absolute atomic E-state index is 12.0. The van der Waals surface area contributed by atoms with Crippen molar-refractivity contribution in [1.29, 1.82) is 0 Å². The largest absolute Gasteiger partial charge is 0.315 e. The molecule has 1 saturated carbocycles. The van der Waals surface area contributed by atoms with Gasteiger partial charge in [-0.1, -0.05) is 11.6 Å². The highest BCUT2D eigenvalue weighted by molar-refractivity contribution is 7.11. The number of hydrogen-bond donors (Lipinski definition) is 1. The standard InChI is InChI=1S/C12H14ClN5OS/c1-6-10(13)12(20-17-6)15-9(19)5-8-14-11(7-3-4-7)16-18(8)2/h7H,3-5H2,1-2H3,(H,15,19). The minimum absolute atomic E-state index is 0.159. The smallest absolute Gasteiger partial charge is 0.232 e. The van der Waals surface area contributed by atoms with Crippen molar-refractivity contribution in [3.8, 4) is 0 Å². The Morgan fingerprint density at radius 3 is 2.90 bits per heavy atom. The van der Waals surface area contributed by atoms with Crippen LogP contribution in [0.3, 0.4) is 0 Å². The van der Waals surface area contributed by atoms with Crippen LogP contribution in [0, 0.1) is 6.92 Å². The number of aryl methyl sites for hydroxylation is 2. The Labute approximate surface area is 125 Å². The van der Waals surface area contributed by atoms with E-state index in [1.807, 2.05) is 7.05 Å². The summed E-state index contributed by atoms with van der Waals surface area (Å²) in [6.45, 7) is 1.80. The van der Waals surface area contributed by atoms with Crippen molar-refractivity contribution >= 4 is 34.0 Å². The first-order valence-corrected chi connectivity index (χ1v) is 7.51. The molecule has 0 aliphatic heterocycles. The Morgan fingerprint density at radius 1 is 1.55 bits per heavy atom. The zero-order valence-corrected chi connectivity index (χ0v) is 12.8. The normalized spacial score (nSPS) is 14.6. The summed E-state index contributed by atoms with van der Waals surface area (Å²) in [6, 6.07) is 0.